The van der Waals surface area contributed by atoms with Crippen LogP contribution in [0.4, 0.5) is 0 Å². The van der Waals surface area contributed by atoms with Crippen LogP contribution < -0.4 is 10.6 Å². The van der Waals surface area contributed by atoms with Crippen molar-refractivity contribution in [3.05, 3.63) is 35.9 Å². The van der Waals surface area contributed by atoms with Gasteiger partial charge in [0.25, 0.3) is 0 Å². The Bertz CT molecular complexity index is 530. The Balaban J connectivity index is 1.88. The quantitative estimate of drug-likeness (QED) is 0.608. The number of hydrogen-bond acceptors (Lipinski definition) is 5. The summed E-state index contributed by atoms with van der Waals surface area (Å²) in [7, 11) is 1.56. The average molecular weight is 334 g/mol. The molecule has 1 aromatic rings. The summed E-state index contributed by atoms with van der Waals surface area (Å²) in [5.41, 5.74) is 0.762. The summed E-state index contributed by atoms with van der Waals surface area (Å²) in [4.78, 5) is 28.7. The third-order valence-corrected chi connectivity index (χ3v) is 4.20. The monoisotopic (exact) mass is 334 g/mol. The summed E-state index contributed by atoms with van der Waals surface area (Å²) < 4.78 is 0. The molecular formula is C17H26N4O3. The summed E-state index contributed by atoms with van der Waals surface area (Å²) in [5.74, 6) is -0.398. The second-order valence-electron chi connectivity index (χ2n) is 5.87. The van der Waals surface area contributed by atoms with Gasteiger partial charge in [-0.1, -0.05) is 30.3 Å². The van der Waals surface area contributed by atoms with Gasteiger partial charge in [0, 0.05) is 39.8 Å². The van der Waals surface area contributed by atoms with Crippen LogP contribution >= 0.6 is 0 Å². The van der Waals surface area contributed by atoms with Crippen molar-refractivity contribution in [2.75, 3.05) is 52.9 Å². The highest BCUT2D eigenvalue weighted by molar-refractivity contribution is 5.89. The highest BCUT2D eigenvalue weighted by Crippen LogP contribution is 2.12. The highest BCUT2D eigenvalue weighted by Gasteiger charge is 2.24. The fraction of sp³-hybridized carbons (Fsp3) is 0.529. The van der Waals surface area contributed by atoms with Crippen LogP contribution in [-0.2, 0) is 9.59 Å². The van der Waals surface area contributed by atoms with E-state index in [2.05, 4.69) is 20.4 Å². The largest absolute Gasteiger partial charge is 0.395 e. The molecule has 1 aromatic carbocycles. The van der Waals surface area contributed by atoms with Gasteiger partial charge in [0.2, 0.25) is 11.8 Å². The molecule has 0 bridgehead atoms. The predicted molar refractivity (Wildman–Crippen MR) is 91.4 cm³/mol. The Morgan fingerprint density at radius 3 is 2.33 bits per heavy atom. The van der Waals surface area contributed by atoms with Crippen LogP contribution in [0.2, 0.25) is 0 Å². The molecule has 2 rings (SSSR count). The molecule has 24 heavy (non-hydrogen) atoms. The Morgan fingerprint density at radius 1 is 1.12 bits per heavy atom. The van der Waals surface area contributed by atoms with Gasteiger partial charge in [-0.2, -0.15) is 0 Å². The SMILES string of the molecule is CNC(=O)C(NC(=O)CN1CCN(CCO)CC1)c1ccccc1. The number of carbonyl (C=O) groups is 2. The molecule has 0 radical (unpaired) electrons. The predicted octanol–water partition coefficient (Wildman–Crippen LogP) is -0.800. The molecule has 1 aliphatic rings. The Morgan fingerprint density at radius 2 is 1.75 bits per heavy atom. The first-order chi connectivity index (χ1) is 11.6. The lowest BCUT2D eigenvalue weighted by Crippen LogP contribution is -2.51. The van der Waals surface area contributed by atoms with Crippen molar-refractivity contribution >= 4 is 11.8 Å². The number of nitrogens with zero attached hydrogens (tertiary/aromatic N) is 2. The van der Waals surface area contributed by atoms with Crippen LogP contribution in [0, 0.1) is 0 Å². The molecule has 3 N–H and O–H groups in total. The third kappa shape index (κ3) is 5.30. The zero-order chi connectivity index (χ0) is 17.4. The van der Waals surface area contributed by atoms with E-state index >= 15 is 0 Å². The number of benzene rings is 1. The number of aliphatic hydroxyl groups excluding tert-OH is 1. The molecule has 132 valence electrons. The van der Waals surface area contributed by atoms with E-state index in [9.17, 15) is 9.59 Å². The van der Waals surface area contributed by atoms with Crippen molar-refractivity contribution in [2.24, 2.45) is 0 Å². The van der Waals surface area contributed by atoms with E-state index in [1.54, 1.807) is 7.05 Å². The molecule has 0 spiro atoms. The standard InChI is InChI=1S/C17H26N4O3/c1-18-17(24)16(14-5-3-2-4-6-14)19-15(23)13-21-9-7-20(8-10-21)11-12-22/h2-6,16,22H,7-13H2,1H3,(H,18,24)(H,19,23). The summed E-state index contributed by atoms with van der Waals surface area (Å²) in [5, 5.41) is 14.4. The second-order valence-corrected chi connectivity index (χ2v) is 5.87. The molecule has 0 aliphatic carbocycles. The molecule has 7 heteroatoms. The summed E-state index contributed by atoms with van der Waals surface area (Å²) in [6, 6.07) is 8.54. The van der Waals surface area contributed by atoms with Crippen molar-refractivity contribution < 1.29 is 14.7 Å². The Hall–Kier alpha value is -1.96. The lowest BCUT2D eigenvalue weighted by atomic mass is 10.1. The van der Waals surface area contributed by atoms with Gasteiger partial charge in [-0.05, 0) is 5.56 Å². The first-order valence-corrected chi connectivity index (χ1v) is 8.25. The summed E-state index contributed by atoms with van der Waals surface area (Å²) >= 11 is 0. The second kappa shape index (κ2) is 9.36. The minimum atomic E-state index is -0.681. The number of piperazine rings is 1. The lowest BCUT2D eigenvalue weighted by Gasteiger charge is -2.34. The maximum absolute atomic E-state index is 12.3. The van der Waals surface area contributed by atoms with Crippen LogP contribution in [0.15, 0.2) is 30.3 Å². The molecular weight excluding hydrogens is 308 g/mol. The fourth-order valence-electron chi connectivity index (χ4n) is 2.81. The third-order valence-electron chi connectivity index (χ3n) is 4.20. The van der Waals surface area contributed by atoms with E-state index in [1.165, 1.54) is 0 Å². The van der Waals surface area contributed by atoms with Crippen LogP contribution in [0.25, 0.3) is 0 Å². The van der Waals surface area contributed by atoms with Gasteiger partial charge < -0.3 is 15.7 Å². The van der Waals surface area contributed by atoms with Gasteiger partial charge in [-0.15, -0.1) is 0 Å². The summed E-state index contributed by atoms with van der Waals surface area (Å²) in [6.45, 7) is 4.34. The van der Waals surface area contributed by atoms with E-state index in [-0.39, 0.29) is 25.0 Å². The van der Waals surface area contributed by atoms with E-state index in [0.29, 0.717) is 6.54 Å². The molecule has 1 unspecified atom stereocenters. The van der Waals surface area contributed by atoms with Crippen LogP contribution in [0.1, 0.15) is 11.6 Å². The molecule has 7 nitrogen and oxygen atoms in total. The molecule has 2 amide bonds. The molecule has 1 atom stereocenters. The van der Waals surface area contributed by atoms with Gasteiger partial charge in [-0.3, -0.25) is 19.4 Å². The number of amides is 2. The minimum absolute atomic E-state index is 0.158. The fourth-order valence-corrected chi connectivity index (χ4v) is 2.81. The minimum Gasteiger partial charge on any atom is -0.395 e. The van der Waals surface area contributed by atoms with E-state index in [4.69, 9.17) is 5.11 Å². The zero-order valence-electron chi connectivity index (χ0n) is 14.1. The van der Waals surface area contributed by atoms with Crippen molar-refractivity contribution in [2.45, 2.75) is 6.04 Å². The maximum atomic E-state index is 12.3. The van der Waals surface area contributed by atoms with E-state index in [1.807, 2.05) is 30.3 Å². The number of β-amino-alcohol motifs (C(OH)–C–C–N with tert-alkyl or cyclic N) is 1. The highest BCUT2D eigenvalue weighted by atomic mass is 16.3. The first kappa shape index (κ1) is 18.4. The molecule has 0 saturated carbocycles. The zero-order valence-corrected chi connectivity index (χ0v) is 14.1. The smallest absolute Gasteiger partial charge is 0.246 e. The normalized spacial score (nSPS) is 17.2. The Labute approximate surface area is 142 Å². The lowest BCUT2D eigenvalue weighted by molar-refractivity contribution is -0.129. The van der Waals surface area contributed by atoms with Crippen molar-refractivity contribution in [3.8, 4) is 0 Å². The van der Waals surface area contributed by atoms with Crippen LogP contribution in [0.5, 0.6) is 0 Å². The summed E-state index contributed by atoms with van der Waals surface area (Å²) in [6.07, 6.45) is 0. The Kier molecular flexibility index (Phi) is 7.17. The van der Waals surface area contributed by atoms with Crippen molar-refractivity contribution in [1.82, 2.24) is 20.4 Å². The maximum Gasteiger partial charge on any atom is 0.246 e. The number of rotatable bonds is 7. The van der Waals surface area contributed by atoms with E-state index < -0.39 is 6.04 Å². The van der Waals surface area contributed by atoms with Gasteiger partial charge in [0.15, 0.2) is 0 Å². The molecule has 1 saturated heterocycles. The van der Waals surface area contributed by atoms with Crippen molar-refractivity contribution in [3.63, 3.8) is 0 Å². The van der Waals surface area contributed by atoms with Gasteiger partial charge in [0.05, 0.1) is 13.2 Å². The van der Waals surface area contributed by atoms with Crippen molar-refractivity contribution in [1.29, 1.82) is 0 Å². The van der Waals surface area contributed by atoms with Crippen LogP contribution in [-0.4, -0.2) is 79.6 Å². The first-order valence-electron chi connectivity index (χ1n) is 8.25. The molecule has 1 fully saturated rings. The number of hydrogen-bond donors (Lipinski definition) is 3. The topological polar surface area (TPSA) is 84.9 Å². The number of aliphatic hydroxyl groups is 1. The van der Waals surface area contributed by atoms with E-state index in [0.717, 1.165) is 31.7 Å². The number of carbonyl (C=O) groups excluding carboxylic acids is 2. The molecule has 1 aliphatic heterocycles. The van der Waals surface area contributed by atoms with Gasteiger partial charge >= 0.3 is 0 Å². The number of likely N-dealkylation sites (N-methyl/N-ethyl adjacent to an activating group) is 1. The average Bonchev–Trinajstić information content (AvgIpc) is 2.61. The van der Waals surface area contributed by atoms with Gasteiger partial charge in [0.1, 0.15) is 6.04 Å². The van der Waals surface area contributed by atoms with Crippen LogP contribution in [0.3, 0.4) is 0 Å². The van der Waals surface area contributed by atoms with Gasteiger partial charge in [-0.25, -0.2) is 0 Å². The number of nitrogens with one attached hydrogen (secondary N) is 2. The molecule has 0 aromatic heterocycles. The molecule has 1 heterocycles.